The van der Waals surface area contributed by atoms with E-state index in [2.05, 4.69) is 15.0 Å². The Morgan fingerprint density at radius 1 is 0.294 bits per heavy atom. The molecule has 0 aliphatic carbocycles. The molecule has 0 N–H and O–H groups in total. The molecule has 0 aliphatic rings. The minimum absolute atomic E-state index is 0.132. The fraction of sp³-hybridized carbons (Fsp3) is 0. The van der Waals surface area contributed by atoms with Gasteiger partial charge in [0.15, 0.2) is 29.1 Å². The normalized spacial score (nSPS) is 16.1. The van der Waals surface area contributed by atoms with Gasteiger partial charge in [0.25, 0.3) is 0 Å². The van der Waals surface area contributed by atoms with E-state index in [1.165, 1.54) is 12.1 Å². The second kappa shape index (κ2) is 16.2. The smallest absolute Gasteiger partial charge is 0.238 e. The van der Waals surface area contributed by atoms with Crippen molar-refractivity contribution in [3.63, 3.8) is 0 Å². The summed E-state index contributed by atoms with van der Waals surface area (Å²) < 4.78 is 195. The third-order valence-corrected chi connectivity index (χ3v) is 11.2. The van der Waals surface area contributed by atoms with Gasteiger partial charge in [-0.1, -0.05) is 188 Å². The topological polar surface area (TPSA) is 87.2 Å². The van der Waals surface area contributed by atoms with Crippen LogP contribution in [-0.4, -0.2) is 39.0 Å². The fourth-order valence-corrected chi connectivity index (χ4v) is 8.27. The van der Waals surface area contributed by atoms with Crippen LogP contribution in [0, 0.1) is 0 Å². The molecular formula is C60H38N8. The highest BCUT2D eigenvalue weighted by molar-refractivity contribution is 6.23. The van der Waals surface area contributed by atoms with Gasteiger partial charge in [-0.15, -0.1) is 0 Å². The zero-order valence-corrected chi connectivity index (χ0v) is 34.8. The van der Waals surface area contributed by atoms with Crippen LogP contribution in [0.15, 0.2) is 230 Å². The molecule has 0 aliphatic heterocycles. The first-order chi connectivity index (χ1) is 42.8. The van der Waals surface area contributed by atoms with Crippen molar-refractivity contribution in [2.45, 2.75) is 0 Å². The lowest BCUT2D eigenvalue weighted by molar-refractivity contribution is 0.953. The Labute approximate surface area is 422 Å². The van der Waals surface area contributed by atoms with E-state index in [1.807, 2.05) is 4.57 Å². The first kappa shape index (κ1) is 22.7. The number of benzene rings is 9. The van der Waals surface area contributed by atoms with Crippen LogP contribution in [0.4, 0.5) is 0 Å². The number of para-hydroxylation sites is 2. The van der Waals surface area contributed by atoms with Crippen molar-refractivity contribution in [2.24, 2.45) is 0 Å². The van der Waals surface area contributed by atoms with Crippen molar-refractivity contribution in [3.05, 3.63) is 230 Å². The van der Waals surface area contributed by atoms with Crippen molar-refractivity contribution in [3.8, 4) is 79.7 Å². The van der Waals surface area contributed by atoms with Gasteiger partial charge in [-0.3, -0.25) is 4.57 Å². The maximum absolute atomic E-state index is 9.81. The summed E-state index contributed by atoms with van der Waals surface area (Å²) in [5.74, 6) is -1.87. The largest absolute Gasteiger partial charge is 0.307 e. The molecule has 0 saturated heterocycles. The maximum atomic E-state index is 9.81. The highest BCUT2D eigenvalue weighted by atomic mass is 15.2. The lowest BCUT2D eigenvalue weighted by Crippen LogP contribution is -2.07. The summed E-state index contributed by atoms with van der Waals surface area (Å²) >= 11 is 0. The summed E-state index contributed by atoms with van der Waals surface area (Å²) in [6, 6.07) is 13.3. The molecule has 13 rings (SSSR count). The van der Waals surface area contributed by atoms with Crippen LogP contribution in [0.25, 0.3) is 123 Å². The number of aromatic nitrogens is 8. The zero-order valence-electron chi connectivity index (χ0n) is 56.8. The van der Waals surface area contributed by atoms with Crippen molar-refractivity contribution in [1.29, 1.82) is 0 Å². The standard InChI is InChI=1S/C60H38N8/c1-5-18-39(19-6-1)44-26-17-27-45(38-44)59-64-58(42-24-11-4-12-25-42)65-60(66-59)68-52-31-16-14-29-48(52)50-37-36-49-47-28-13-15-30-51(47)67(53(49)54(50)68)46-34-32-43(33-35-46)57-62-55(40-20-7-2-8-21-40)61-56(63-57)41-22-9-3-10-23-41/h1-38H/i1D,2D,3D,4D,5D,6D,7D,8D,9D,10D,11D,12D,18D,19D,20D,21D,22D,23D,24D,25D,36D,37D. The zero-order chi connectivity index (χ0) is 64.1. The fourth-order valence-electron chi connectivity index (χ4n) is 8.27. The summed E-state index contributed by atoms with van der Waals surface area (Å²) in [6.45, 7) is 0. The first-order valence-corrected chi connectivity index (χ1v) is 20.8. The maximum Gasteiger partial charge on any atom is 0.238 e. The molecule has 13 aromatic rings. The molecule has 9 aromatic carbocycles. The number of fused-ring (bicyclic) bond motifs is 7. The van der Waals surface area contributed by atoms with E-state index in [0.29, 0.717) is 38.4 Å². The predicted molar refractivity (Wildman–Crippen MR) is 275 cm³/mol. The molecule has 4 aromatic heterocycles. The molecule has 8 nitrogen and oxygen atoms in total. The molecule has 8 heteroatoms. The second-order valence-corrected chi connectivity index (χ2v) is 15.1. The Bertz CT molecular complexity index is 5160. The lowest BCUT2D eigenvalue weighted by Gasteiger charge is -2.14. The average Bonchev–Trinajstić information content (AvgIpc) is 1.53. The SMILES string of the molecule is [2H]c1c([2H])c([2H])c(-c2cccc(-c3nc(-c4c([2H])c([2H])c([2H])c([2H])c4[2H])nc(-n4c5ccccc5c5c([2H])c([2H])c6c7ccccc7n(-c7ccc(-c8nc(-c9c([2H])c([2H])c([2H])c([2H])c9[2H])nc(-c9c([2H])c([2H])c([2H])c([2H])c9[2H])n8)cc7)c6c54)n3)c2)c([2H])c1[2H]. The highest BCUT2D eigenvalue weighted by Crippen LogP contribution is 2.42. The van der Waals surface area contributed by atoms with E-state index in [9.17, 15) is 2.74 Å². The molecule has 0 fully saturated rings. The van der Waals surface area contributed by atoms with Crippen molar-refractivity contribution in [1.82, 2.24) is 39.0 Å². The van der Waals surface area contributed by atoms with Crippen LogP contribution >= 0.6 is 0 Å². The van der Waals surface area contributed by atoms with Crippen LogP contribution in [0.3, 0.4) is 0 Å². The van der Waals surface area contributed by atoms with Crippen LogP contribution in [0.1, 0.15) is 30.2 Å². The van der Waals surface area contributed by atoms with E-state index >= 15 is 0 Å². The van der Waals surface area contributed by atoms with E-state index < -0.39 is 149 Å². The van der Waals surface area contributed by atoms with Gasteiger partial charge in [0.05, 0.1) is 52.2 Å². The first-order valence-electron chi connectivity index (χ1n) is 31.8. The third kappa shape index (κ3) is 6.70. The summed E-state index contributed by atoms with van der Waals surface area (Å²) in [7, 11) is 0. The second-order valence-electron chi connectivity index (χ2n) is 15.1. The van der Waals surface area contributed by atoms with Gasteiger partial charge < -0.3 is 4.57 Å². The molecule has 0 saturated carbocycles. The quantitative estimate of drug-likeness (QED) is 0.151. The summed E-state index contributed by atoms with van der Waals surface area (Å²) in [4.78, 5) is 28.3. The van der Waals surface area contributed by atoms with Gasteiger partial charge in [0.2, 0.25) is 5.95 Å². The number of hydrogen-bond donors (Lipinski definition) is 0. The Morgan fingerprint density at radius 3 is 1.24 bits per heavy atom. The Morgan fingerprint density at radius 2 is 0.706 bits per heavy atom. The lowest BCUT2D eigenvalue weighted by atomic mass is 10.0. The molecule has 0 atom stereocenters. The number of rotatable bonds is 8. The summed E-state index contributed by atoms with van der Waals surface area (Å²) in [5, 5.41) is 1.53. The average molecular weight is 893 g/mol. The minimum atomic E-state index is -0.708. The van der Waals surface area contributed by atoms with E-state index in [1.54, 1.807) is 89.5 Å². The summed E-state index contributed by atoms with van der Waals surface area (Å²) in [6.07, 6.45) is 0. The molecular weight excluding hydrogens is 833 g/mol. The van der Waals surface area contributed by atoms with E-state index in [4.69, 9.17) is 42.4 Å². The molecule has 0 spiro atoms. The van der Waals surface area contributed by atoms with Gasteiger partial charge in [0, 0.05) is 55.0 Å². The highest BCUT2D eigenvalue weighted by Gasteiger charge is 2.24. The monoisotopic (exact) mass is 892 g/mol. The van der Waals surface area contributed by atoms with Crippen LogP contribution in [0.2, 0.25) is 0 Å². The van der Waals surface area contributed by atoms with Crippen LogP contribution in [0.5, 0.6) is 0 Å². The summed E-state index contributed by atoms with van der Waals surface area (Å²) in [5.41, 5.74) is 1.07. The Kier molecular flexibility index (Phi) is 5.41. The molecule has 0 amide bonds. The molecule has 0 radical (unpaired) electrons. The third-order valence-electron chi connectivity index (χ3n) is 11.2. The molecule has 0 unspecified atom stereocenters. The van der Waals surface area contributed by atoms with Gasteiger partial charge >= 0.3 is 0 Å². The number of nitrogens with zero attached hydrogens (tertiary/aromatic N) is 8. The van der Waals surface area contributed by atoms with Crippen molar-refractivity contribution in [2.75, 3.05) is 0 Å². The molecule has 68 heavy (non-hydrogen) atoms. The van der Waals surface area contributed by atoms with Crippen LogP contribution in [-0.2, 0) is 0 Å². The van der Waals surface area contributed by atoms with E-state index in [-0.39, 0.29) is 68.7 Å². The van der Waals surface area contributed by atoms with Crippen LogP contribution < -0.4 is 0 Å². The van der Waals surface area contributed by atoms with Crippen molar-refractivity contribution < 1.29 is 30.2 Å². The van der Waals surface area contributed by atoms with E-state index in [0.717, 1.165) is 0 Å². The molecule has 4 heterocycles. The number of hydrogen-bond acceptors (Lipinski definition) is 6. The Hall–Kier alpha value is -9.40. The predicted octanol–water partition coefficient (Wildman–Crippen LogP) is 14.3. The van der Waals surface area contributed by atoms with Gasteiger partial charge in [-0.2, -0.15) is 9.97 Å². The molecule has 0 bridgehead atoms. The minimum Gasteiger partial charge on any atom is -0.307 e. The van der Waals surface area contributed by atoms with Gasteiger partial charge in [-0.05, 0) is 53.6 Å². The van der Waals surface area contributed by atoms with Gasteiger partial charge in [0.1, 0.15) is 0 Å². The van der Waals surface area contributed by atoms with Crippen molar-refractivity contribution >= 4 is 43.6 Å². The van der Waals surface area contributed by atoms with Gasteiger partial charge in [-0.25, -0.2) is 19.9 Å². The Balaban J connectivity index is 1.09. The molecule has 318 valence electrons.